The quantitative estimate of drug-likeness (QED) is 0.914. The Morgan fingerprint density at radius 1 is 1.21 bits per heavy atom. The third-order valence-electron chi connectivity index (χ3n) is 3.76. The maximum absolute atomic E-state index is 12.3. The molecule has 0 saturated carbocycles. The highest BCUT2D eigenvalue weighted by atomic mass is 32.2. The molecule has 0 radical (unpaired) electrons. The molecule has 0 aliphatic carbocycles. The van der Waals surface area contributed by atoms with E-state index in [2.05, 4.69) is 4.72 Å². The fourth-order valence-electron chi connectivity index (χ4n) is 2.50. The molecule has 0 fully saturated rings. The number of nitrogens with zero attached hydrogens (tertiary/aromatic N) is 1. The molecule has 1 aliphatic rings. The Morgan fingerprint density at radius 3 is 2.79 bits per heavy atom. The van der Waals surface area contributed by atoms with E-state index in [1.165, 1.54) is 24.3 Å². The van der Waals surface area contributed by atoms with Crippen molar-refractivity contribution in [2.24, 2.45) is 5.92 Å². The van der Waals surface area contributed by atoms with Gasteiger partial charge in [-0.15, -0.1) is 0 Å². The van der Waals surface area contributed by atoms with Gasteiger partial charge >= 0.3 is 0 Å². The monoisotopic (exact) mass is 342 g/mol. The fraction of sp³-hybridized carbons (Fsp3) is 0.176. The second-order valence-electron chi connectivity index (χ2n) is 5.43. The molecule has 24 heavy (non-hydrogen) atoms. The van der Waals surface area contributed by atoms with Gasteiger partial charge < -0.3 is 4.74 Å². The predicted molar refractivity (Wildman–Crippen MR) is 85.6 cm³/mol. The first-order valence-corrected chi connectivity index (χ1v) is 8.75. The van der Waals surface area contributed by atoms with Gasteiger partial charge in [-0.25, -0.2) is 13.1 Å². The molecule has 3 rings (SSSR count). The lowest BCUT2D eigenvalue weighted by Crippen LogP contribution is -2.40. The van der Waals surface area contributed by atoms with Crippen LogP contribution in [0.25, 0.3) is 0 Å². The third kappa shape index (κ3) is 3.24. The number of amides is 1. The zero-order chi connectivity index (χ0) is 17.2. The molecule has 122 valence electrons. The number of fused-ring (bicyclic) bond motifs is 1. The maximum Gasteiger partial charge on any atom is 0.264 e. The second kappa shape index (κ2) is 6.34. The van der Waals surface area contributed by atoms with E-state index in [0.29, 0.717) is 12.2 Å². The highest BCUT2D eigenvalue weighted by Crippen LogP contribution is 2.27. The molecule has 1 N–H and O–H groups in total. The molecular weight excluding hydrogens is 328 g/mol. The molecule has 0 saturated heterocycles. The minimum absolute atomic E-state index is 0.118. The van der Waals surface area contributed by atoms with Crippen molar-refractivity contribution in [1.29, 1.82) is 5.26 Å². The highest BCUT2D eigenvalue weighted by molar-refractivity contribution is 7.90. The van der Waals surface area contributed by atoms with Crippen LogP contribution >= 0.6 is 0 Å². The van der Waals surface area contributed by atoms with Crippen molar-refractivity contribution in [3.05, 3.63) is 59.7 Å². The number of nitrogens with one attached hydrogen (secondary N) is 1. The summed E-state index contributed by atoms with van der Waals surface area (Å²) in [5.74, 6) is -0.494. The van der Waals surface area contributed by atoms with Crippen LogP contribution in [0.15, 0.2) is 53.4 Å². The van der Waals surface area contributed by atoms with Gasteiger partial charge in [-0.3, -0.25) is 4.79 Å². The fourth-order valence-corrected chi connectivity index (χ4v) is 3.59. The van der Waals surface area contributed by atoms with E-state index in [4.69, 9.17) is 10.00 Å². The Kier molecular flexibility index (Phi) is 4.23. The van der Waals surface area contributed by atoms with Crippen molar-refractivity contribution in [2.45, 2.75) is 11.3 Å². The molecule has 1 aliphatic heterocycles. The van der Waals surface area contributed by atoms with Crippen molar-refractivity contribution in [3.63, 3.8) is 0 Å². The third-order valence-corrected chi connectivity index (χ3v) is 5.10. The molecule has 0 aromatic heterocycles. The minimum atomic E-state index is -4.03. The highest BCUT2D eigenvalue weighted by Gasteiger charge is 2.29. The molecule has 1 atom stereocenters. The lowest BCUT2D eigenvalue weighted by atomic mass is 9.96. The van der Waals surface area contributed by atoms with Gasteiger partial charge in [0.1, 0.15) is 12.4 Å². The molecule has 1 amide bonds. The van der Waals surface area contributed by atoms with Crippen LogP contribution in [0, 0.1) is 17.2 Å². The number of hydrogen-bond acceptors (Lipinski definition) is 5. The van der Waals surface area contributed by atoms with E-state index >= 15 is 0 Å². The number of hydrogen-bond donors (Lipinski definition) is 1. The largest absolute Gasteiger partial charge is 0.492 e. The molecule has 2 aromatic carbocycles. The summed E-state index contributed by atoms with van der Waals surface area (Å²) in [5.41, 5.74) is 1.08. The summed E-state index contributed by atoms with van der Waals surface area (Å²) in [6.07, 6.45) is 0.412. The van der Waals surface area contributed by atoms with Gasteiger partial charge in [-0.05, 0) is 36.2 Å². The van der Waals surface area contributed by atoms with Crippen molar-refractivity contribution < 1.29 is 17.9 Å². The zero-order valence-electron chi connectivity index (χ0n) is 12.6. The van der Waals surface area contributed by atoms with Gasteiger partial charge in [0.05, 0.1) is 22.4 Å². The van der Waals surface area contributed by atoms with Gasteiger partial charge in [-0.2, -0.15) is 5.26 Å². The van der Waals surface area contributed by atoms with Crippen molar-refractivity contribution in [3.8, 4) is 11.8 Å². The van der Waals surface area contributed by atoms with Crippen molar-refractivity contribution in [2.75, 3.05) is 6.61 Å². The van der Waals surface area contributed by atoms with Crippen molar-refractivity contribution >= 4 is 15.9 Å². The summed E-state index contributed by atoms with van der Waals surface area (Å²) in [6.45, 7) is 0.122. The van der Waals surface area contributed by atoms with Crippen LogP contribution in [0.5, 0.6) is 5.75 Å². The molecule has 2 aromatic rings. The zero-order valence-corrected chi connectivity index (χ0v) is 13.4. The van der Waals surface area contributed by atoms with Crippen LogP contribution in [0.1, 0.15) is 11.1 Å². The Hall–Kier alpha value is -2.85. The van der Waals surface area contributed by atoms with Gasteiger partial charge in [0, 0.05) is 0 Å². The lowest BCUT2D eigenvalue weighted by Gasteiger charge is -2.24. The smallest absolute Gasteiger partial charge is 0.264 e. The number of rotatable bonds is 3. The summed E-state index contributed by atoms with van der Waals surface area (Å²) in [6, 6.07) is 14.7. The van der Waals surface area contributed by atoms with Gasteiger partial charge in [0.15, 0.2) is 0 Å². The Balaban J connectivity index is 1.76. The van der Waals surface area contributed by atoms with E-state index in [1.54, 1.807) is 0 Å². The number of carbonyl (C=O) groups excluding carboxylic acids is 1. The first-order valence-electron chi connectivity index (χ1n) is 7.27. The van der Waals surface area contributed by atoms with Crippen LogP contribution in [-0.4, -0.2) is 20.9 Å². The predicted octanol–water partition coefficient (Wildman–Crippen LogP) is 1.61. The number of sulfonamides is 1. The van der Waals surface area contributed by atoms with E-state index in [-0.39, 0.29) is 17.1 Å². The van der Waals surface area contributed by atoms with E-state index < -0.39 is 21.8 Å². The van der Waals surface area contributed by atoms with E-state index in [0.717, 1.165) is 5.56 Å². The molecule has 7 heteroatoms. The lowest BCUT2D eigenvalue weighted by molar-refractivity contribution is -0.124. The Labute approximate surface area is 139 Å². The summed E-state index contributed by atoms with van der Waals surface area (Å²) in [7, 11) is -4.03. The average molecular weight is 342 g/mol. The maximum atomic E-state index is 12.3. The Bertz CT molecular complexity index is 932. The average Bonchev–Trinajstić information content (AvgIpc) is 2.61. The topological polar surface area (TPSA) is 96.3 Å². The number of ether oxygens (including phenoxy) is 1. The van der Waals surface area contributed by atoms with Gasteiger partial charge in [0.2, 0.25) is 5.91 Å². The van der Waals surface area contributed by atoms with Crippen LogP contribution in [0.3, 0.4) is 0 Å². The van der Waals surface area contributed by atoms with Crippen LogP contribution < -0.4 is 9.46 Å². The molecular formula is C17H14N2O4S. The van der Waals surface area contributed by atoms with E-state index in [9.17, 15) is 13.2 Å². The first-order chi connectivity index (χ1) is 11.5. The van der Waals surface area contributed by atoms with Gasteiger partial charge in [0.25, 0.3) is 10.0 Å². The SMILES string of the molecule is N#Cc1cccc(S(=O)(=O)NC(=O)C2COc3ccccc3C2)c1. The minimum Gasteiger partial charge on any atom is -0.492 e. The standard InChI is InChI=1S/C17H14N2O4S/c18-10-12-4-3-6-15(8-12)24(21,22)19-17(20)14-9-13-5-1-2-7-16(13)23-11-14/h1-8,14H,9,11H2,(H,19,20). The number of nitriles is 1. The summed E-state index contributed by atoms with van der Waals surface area (Å²) in [4.78, 5) is 12.2. The molecule has 1 unspecified atom stereocenters. The first kappa shape index (κ1) is 16.0. The van der Waals surface area contributed by atoms with Crippen LogP contribution in [-0.2, 0) is 21.2 Å². The second-order valence-corrected chi connectivity index (χ2v) is 7.11. The normalized spacial score (nSPS) is 16.4. The number of benzene rings is 2. The van der Waals surface area contributed by atoms with Crippen LogP contribution in [0.2, 0.25) is 0 Å². The molecule has 0 bridgehead atoms. The molecule has 6 nitrogen and oxygen atoms in total. The number of para-hydroxylation sites is 1. The van der Waals surface area contributed by atoms with E-state index in [1.807, 2.05) is 30.3 Å². The van der Waals surface area contributed by atoms with Crippen molar-refractivity contribution in [1.82, 2.24) is 4.72 Å². The Morgan fingerprint density at radius 2 is 2.00 bits per heavy atom. The summed E-state index contributed by atoms with van der Waals surface area (Å²) >= 11 is 0. The summed E-state index contributed by atoms with van der Waals surface area (Å²) < 4.78 is 32.2. The molecule has 0 spiro atoms. The van der Waals surface area contributed by atoms with Gasteiger partial charge in [-0.1, -0.05) is 24.3 Å². The molecule has 1 heterocycles. The van der Waals surface area contributed by atoms with Crippen LogP contribution in [0.4, 0.5) is 0 Å². The summed E-state index contributed by atoms with van der Waals surface area (Å²) in [5, 5.41) is 8.86. The number of carbonyl (C=O) groups is 1.